The molecule has 0 heterocycles. The number of halogens is 1. The Labute approximate surface area is 71.8 Å². The van der Waals surface area contributed by atoms with Crippen molar-refractivity contribution < 1.29 is 8.42 Å². The van der Waals surface area contributed by atoms with Crippen LogP contribution in [0.25, 0.3) is 0 Å². The molecule has 60 valence electrons. The Hall–Kier alpha value is -0.540. The molecule has 0 amide bonds. The van der Waals surface area contributed by atoms with Gasteiger partial charge in [-0.2, -0.15) is 0 Å². The average molecular weight is 191 g/mol. The second-order valence-electron chi connectivity index (χ2n) is 2.03. The van der Waals surface area contributed by atoms with Crippen molar-refractivity contribution in [3.8, 4) is 0 Å². The number of thiol groups is 1. The molecule has 1 aromatic rings. The topological polar surface area (TPSA) is 34.1 Å². The Kier molecular flexibility index (Phi) is 2.91. The van der Waals surface area contributed by atoms with Crippen LogP contribution in [-0.2, 0) is 10.7 Å². The van der Waals surface area contributed by atoms with Crippen LogP contribution in [0.4, 0.5) is 0 Å². The monoisotopic (exact) mass is 190 g/mol. The van der Waals surface area contributed by atoms with Gasteiger partial charge in [0.05, 0.1) is 0 Å². The first-order chi connectivity index (χ1) is 5.22. The van der Waals surface area contributed by atoms with E-state index in [-0.39, 0.29) is 0 Å². The van der Waals surface area contributed by atoms with Crippen LogP contribution in [0, 0.1) is 0 Å². The first-order valence-corrected chi connectivity index (χ1v) is 4.72. The second-order valence-corrected chi connectivity index (χ2v) is 3.86. The highest BCUT2D eigenvalue weighted by Crippen LogP contribution is 2.19. The van der Waals surface area contributed by atoms with E-state index in [1.165, 1.54) is 0 Å². The van der Waals surface area contributed by atoms with Crippen LogP contribution in [-0.4, -0.2) is 8.42 Å². The lowest BCUT2D eigenvalue weighted by atomic mass is 10.2. The molecule has 1 aromatic carbocycles. The van der Waals surface area contributed by atoms with Crippen LogP contribution >= 0.6 is 11.6 Å². The zero-order chi connectivity index (χ0) is 8.27. The number of rotatable bonds is 2. The van der Waals surface area contributed by atoms with E-state index in [4.69, 9.17) is 11.6 Å². The SMILES string of the molecule is O=[SH](=O)C(Cl)c1ccccc1. The van der Waals surface area contributed by atoms with Crippen LogP contribution in [0.5, 0.6) is 0 Å². The van der Waals surface area contributed by atoms with Crippen LogP contribution in [0.1, 0.15) is 10.3 Å². The molecule has 0 fully saturated rings. The van der Waals surface area contributed by atoms with Gasteiger partial charge in [-0.15, -0.1) is 11.6 Å². The van der Waals surface area contributed by atoms with Crippen LogP contribution in [0.15, 0.2) is 30.3 Å². The smallest absolute Gasteiger partial charge is 0.161 e. The predicted octanol–water partition coefficient (Wildman–Crippen LogP) is 1.54. The van der Waals surface area contributed by atoms with Crippen LogP contribution < -0.4 is 0 Å². The summed E-state index contributed by atoms with van der Waals surface area (Å²) < 4.78 is 19.9. The Bertz CT molecular complexity index is 287. The van der Waals surface area contributed by atoms with E-state index < -0.39 is 15.4 Å². The van der Waals surface area contributed by atoms with Gasteiger partial charge >= 0.3 is 0 Å². The van der Waals surface area contributed by atoms with Gasteiger partial charge in [0.2, 0.25) is 0 Å². The standard InChI is InChI=1S/C7H7ClO2S/c8-7(11(9)10)6-4-2-1-3-5-6/h1-5,7,11H. The fourth-order valence-corrected chi connectivity index (χ4v) is 1.29. The summed E-state index contributed by atoms with van der Waals surface area (Å²) in [6, 6.07) is 8.68. The van der Waals surface area contributed by atoms with Crippen molar-refractivity contribution >= 4 is 22.3 Å². The van der Waals surface area contributed by atoms with Crippen molar-refractivity contribution in [3.63, 3.8) is 0 Å². The van der Waals surface area contributed by atoms with E-state index in [2.05, 4.69) is 0 Å². The summed E-state index contributed by atoms with van der Waals surface area (Å²) >= 11 is 5.54. The maximum Gasteiger partial charge on any atom is 0.161 e. The lowest BCUT2D eigenvalue weighted by Gasteiger charge is -1.99. The van der Waals surface area contributed by atoms with Crippen molar-refractivity contribution in [2.45, 2.75) is 4.71 Å². The van der Waals surface area contributed by atoms with Gasteiger partial charge in [0.1, 0.15) is 0 Å². The van der Waals surface area contributed by atoms with Gasteiger partial charge in [0.15, 0.2) is 15.4 Å². The normalized spacial score (nSPS) is 13.3. The molecule has 0 aromatic heterocycles. The molecular formula is C7H7ClO2S. The molecule has 0 aliphatic carbocycles. The van der Waals surface area contributed by atoms with E-state index in [9.17, 15) is 8.42 Å². The van der Waals surface area contributed by atoms with Gasteiger partial charge in [-0.05, 0) is 5.56 Å². The fourth-order valence-electron chi connectivity index (χ4n) is 0.734. The van der Waals surface area contributed by atoms with E-state index in [1.807, 2.05) is 6.07 Å². The van der Waals surface area contributed by atoms with E-state index in [0.717, 1.165) is 0 Å². The minimum atomic E-state index is -2.57. The van der Waals surface area contributed by atoms with Crippen molar-refractivity contribution in [3.05, 3.63) is 35.9 Å². The van der Waals surface area contributed by atoms with Gasteiger partial charge in [-0.3, -0.25) is 0 Å². The van der Waals surface area contributed by atoms with E-state index >= 15 is 0 Å². The maximum absolute atomic E-state index is 10.4. The lowest BCUT2D eigenvalue weighted by Crippen LogP contribution is -1.90. The van der Waals surface area contributed by atoms with E-state index in [1.54, 1.807) is 24.3 Å². The van der Waals surface area contributed by atoms with Crippen molar-refractivity contribution in [1.82, 2.24) is 0 Å². The minimum Gasteiger partial charge on any atom is -0.230 e. The molecule has 1 unspecified atom stereocenters. The zero-order valence-corrected chi connectivity index (χ0v) is 7.26. The van der Waals surface area contributed by atoms with Crippen molar-refractivity contribution in [2.24, 2.45) is 0 Å². The summed E-state index contributed by atoms with van der Waals surface area (Å²) in [6.45, 7) is 0. The van der Waals surface area contributed by atoms with Gasteiger partial charge in [0, 0.05) is 0 Å². The largest absolute Gasteiger partial charge is 0.230 e. The molecule has 0 aliphatic rings. The summed E-state index contributed by atoms with van der Waals surface area (Å²) in [6.07, 6.45) is 0. The quantitative estimate of drug-likeness (QED) is 0.567. The first-order valence-electron chi connectivity index (χ1n) is 3.04. The predicted molar refractivity (Wildman–Crippen MR) is 45.4 cm³/mol. The first kappa shape index (κ1) is 8.56. The Morgan fingerprint density at radius 1 is 1.18 bits per heavy atom. The number of hydrogen-bond donors (Lipinski definition) is 1. The highest BCUT2D eigenvalue weighted by Gasteiger charge is 2.07. The minimum absolute atomic E-state index is 0.616. The number of benzene rings is 1. The molecular weight excluding hydrogens is 184 g/mol. The molecule has 0 saturated carbocycles. The van der Waals surface area contributed by atoms with E-state index in [0.29, 0.717) is 5.56 Å². The summed E-state index contributed by atoms with van der Waals surface area (Å²) in [5.41, 5.74) is 0.616. The molecule has 0 aliphatic heterocycles. The molecule has 4 heteroatoms. The molecule has 0 saturated heterocycles. The van der Waals surface area contributed by atoms with Gasteiger partial charge < -0.3 is 0 Å². The van der Waals surface area contributed by atoms with Crippen LogP contribution in [0.3, 0.4) is 0 Å². The maximum atomic E-state index is 10.4. The highest BCUT2D eigenvalue weighted by atomic mass is 35.5. The molecule has 1 rings (SSSR count). The molecule has 1 atom stereocenters. The summed E-state index contributed by atoms with van der Waals surface area (Å²) in [7, 11) is -2.57. The number of hydrogen-bond acceptors (Lipinski definition) is 2. The van der Waals surface area contributed by atoms with Crippen molar-refractivity contribution in [2.75, 3.05) is 0 Å². The third-order valence-corrected chi connectivity index (χ3v) is 2.66. The van der Waals surface area contributed by atoms with Gasteiger partial charge in [0.25, 0.3) is 0 Å². The second kappa shape index (κ2) is 3.74. The van der Waals surface area contributed by atoms with Crippen molar-refractivity contribution in [1.29, 1.82) is 0 Å². The van der Waals surface area contributed by atoms with Gasteiger partial charge in [-0.1, -0.05) is 30.3 Å². The molecule has 2 nitrogen and oxygen atoms in total. The Balaban J connectivity index is 2.94. The molecule has 0 bridgehead atoms. The van der Waals surface area contributed by atoms with Crippen LogP contribution in [0.2, 0.25) is 0 Å². The Morgan fingerprint density at radius 3 is 2.18 bits per heavy atom. The molecule has 11 heavy (non-hydrogen) atoms. The summed E-state index contributed by atoms with van der Waals surface area (Å²) in [5.74, 6) is 0. The zero-order valence-electron chi connectivity index (χ0n) is 5.61. The summed E-state index contributed by atoms with van der Waals surface area (Å²) in [4.78, 5) is 0. The Morgan fingerprint density at radius 2 is 1.73 bits per heavy atom. The molecule has 0 radical (unpaired) electrons. The third kappa shape index (κ3) is 2.20. The third-order valence-electron chi connectivity index (χ3n) is 1.26. The average Bonchev–Trinajstić information content (AvgIpc) is 2.05. The number of alkyl halides is 1. The summed E-state index contributed by atoms with van der Waals surface area (Å²) in [5, 5.41) is 0. The lowest BCUT2D eigenvalue weighted by molar-refractivity contribution is 0.612. The molecule has 0 spiro atoms. The molecule has 0 N–H and O–H groups in total. The fraction of sp³-hybridized carbons (Fsp3) is 0.143. The van der Waals surface area contributed by atoms with Gasteiger partial charge in [-0.25, -0.2) is 8.42 Å². The highest BCUT2D eigenvalue weighted by molar-refractivity contribution is 7.74.